The van der Waals surface area contributed by atoms with E-state index >= 15 is 0 Å². The van der Waals surface area contributed by atoms with Crippen LogP contribution in [0.1, 0.15) is 37.8 Å². The van der Waals surface area contributed by atoms with Crippen LogP contribution in [0.2, 0.25) is 5.02 Å². The van der Waals surface area contributed by atoms with Crippen molar-refractivity contribution in [3.63, 3.8) is 0 Å². The third kappa shape index (κ3) is 4.26. The second-order valence-electron chi connectivity index (χ2n) is 3.76. The summed E-state index contributed by atoms with van der Waals surface area (Å²) in [7, 11) is 0. The molecule has 1 unspecified atom stereocenters. The fourth-order valence-corrected chi connectivity index (χ4v) is 1.96. The lowest BCUT2D eigenvalue weighted by atomic mass is 10.0. The quantitative estimate of drug-likeness (QED) is 0.584. The smallest absolute Gasteiger partial charge is 0.0409 e. The topological polar surface area (TPSA) is 12.0 Å². The van der Waals surface area contributed by atoms with Gasteiger partial charge in [-0.05, 0) is 37.1 Å². The molecule has 1 N–H and O–H groups in total. The Labute approximate surface area is 103 Å². The number of terminal acetylenes is 1. The first-order chi connectivity index (χ1) is 7.77. The van der Waals surface area contributed by atoms with Crippen LogP contribution in [-0.4, -0.2) is 6.54 Å². The summed E-state index contributed by atoms with van der Waals surface area (Å²) in [6, 6.07) is 8.37. The van der Waals surface area contributed by atoms with E-state index in [0.29, 0.717) is 6.04 Å². The minimum atomic E-state index is 0.358. The highest BCUT2D eigenvalue weighted by molar-refractivity contribution is 6.30. The van der Waals surface area contributed by atoms with Gasteiger partial charge in [-0.1, -0.05) is 30.7 Å². The Kier molecular flexibility index (Phi) is 6.00. The average Bonchev–Trinajstić information content (AvgIpc) is 2.28. The third-order valence-corrected chi connectivity index (χ3v) is 2.75. The SMILES string of the molecule is C#CCCCC(NCC)c1cccc(Cl)c1. The molecule has 1 aromatic rings. The van der Waals surface area contributed by atoms with E-state index < -0.39 is 0 Å². The molecular formula is C14H18ClN. The molecule has 0 saturated carbocycles. The Balaban J connectivity index is 2.65. The molecule has 0 aliphatic rings. The molecule has 1 aromatic carbocycles. The van der Waals surface area contributed by atoms with Crippen LogP contribution in [0.25, 0.3) is 0 Å². The molecule has 2 heteroatoms. The molecule has 0 saturated heterocycles. The number of rotatable bonds is 6. The molecule has 1 nitrogen and oxygen atoms in total. The van der Waals surface area contributed by atoms with Gasteiger partial charge in [-0.25, -0.2) is 0 Å². The molecular weight excluding hydrogens is 218 g/mol. The van der Waals surface area contributed by atoms with E-state index in [1.165, 1.54) is 5.56 Å². The van der Waals surface area contributed by atoms with Gasteiger partial charge in [0.15, 0.2) is 0 Å². The summed E-state index contributed by atoms with van der Waals surface area (Å²) in [6.07, 6.45) is 8.19. The minimum Gasteiger partial charge on any atom is -0.310 e. The first-order valence-corrected chi connectivity index (χ1v) is 6.08. The van der Waals surface area contributed by atoms with Gasteiger partial charge < -0.3 is 5.32 Å². The van der Waals surface area contributed by atoms with Crippen LogP contribution in [0, 0.1) is 12.3 Å². The van der Waals surface area contributed by atoms with Crippen LogP contribution in [0.4, 0.5) is 0 Å². The molecule has 0 aliphatic carbocycles. The lowest BCUT2D eigenvalue weighted by Crippen LogP contribution is -2.20. The summed E-state index contributed by atoms with van der Waals surface area (Å²) < 4.78 is 0. The summed E-state index contributed by atoms with van der Waals surface area (Å²) >= 11 is 5.99. The van der Waals surface area contributed by atoms with Crippen LogP contribution in [-0.2, 0) is 0 Å². The summed E-state index contributed by atoms with van der Waals surface area (Å²) in [5, 5.41) is 4.25. The van der Waals surface area contributed by atoms with Gasteiger partial charge in [-0.3, -0.25) is 0 Å². The molecule has 86 valence electrons. The lowest BCUT2D eigenvalue weighted by Gasteiger charge is -2.18. The molecule has 0 aliphatic heterocycles. The maximum absolute atomic E-state index is 5.99. The fraction of sp³-hybridized carbons (Fsp3) is 0.429. The van der Waals surface area contributed by atoms with E-state index in [-0.39, 0.29) is 0 Å². The molecule has 16 heavy (non-hydrogen) atoms. The lowest BCUT2D eigenvalue weighted by molar-refractivity contribution is 0.502. The molecule has 0 radical (unpaired) electrons. The highest BCUT2D eigenvalue weighted by Crippen LogP contribution is 2.22. The summed E-state index contributed by atoms with van der Waals surface area (Å²) in [5.41, 5.74) is 1.24. The highest BCUT2D eigenvalue weighted by atomic mass is 35.5. The van der Waals surface area contributed by atoms with E-state index in [0.717, 1.165) is 30.8 Å². The Hall–Kier alpha value is -0.970. The fourth-order valence-electron chi connectivity index (χ4n) is 1.76. The minimum absolute atomic E-state index is 0.358. The zero-order valence-corrected chi connectivity index (χ0v) is 10.4. The van der Waals surface area contributed by atoms with E-state index in [4.69, 9.17) is 18.0 Å². The summed E-state index contributed by atoms with van der Waals surface area (Å²) in [4.78, 5) is 0. The monoisotopic (exact) mass is 235 g/mol. The van der Waals surface area contributed by atoms with Crippen molar-refractivity contribution in [2.24, 2.45) is 0 Å². The van der Waals surface area contributed by atoms with E-state index in [9.17, 15) is 0 Å². The zero-order valence-electron chi connectivity index (χ0n) is 9.67. The van der Waals surface area contributed by atoms with Gasteiger partial charge in [-0.15, -0.1) is 12.3 Å². The van der Waals surface area contributed by atoms with Crippen molar-refractivity contribution in [1.29, 1.82) is 0 Å². The first kappa shape index (κ1) is 13.1. The maximum atomic E-state index is 5.99. The number of halogens is 1. The zero-order chi connectivity index (χ0) is 11.8. The van der Waals surface area contributed by atoms with Gasteiger partial charge in [0.05, 0.1) is 0 Å². The van der Waals surface area contributed by atoms with Crippen molar-refractivity contribution in [1.82, 2.24) is 5.32 Å². The molecule has 1 atom stereocenters. The van der Waals surface area contributed by atoms with Gasteiger partial charge >= 0.3 is 0 Å². The second kappa shape index (κ2) is 7.33. The van der Waals surface area contributed by atoms with Gasteiger partial charge in [0.25, 0.3) is 0 Å². The van der Waals surface area contributed by atoms with Crippen LogP contribution in [0.15, 0.2) is 24.3 Å². The largest absolute Gasteiger partial charge is 0.310 e. The van der Waals surface area contributed by atoms with Crippen LogP contribution < -0.4 is 5.32 Å². The van der Waals surface area contributed by atoms with Gasteiger partial charge in [0.1, 0.15) is 0 Å². The van der Waals surface area contributed by atoms with Crippen molar-refractivity contribution >= 4 is 11.6 Å². The van der Waals surface area contributed by atoms with E-state index in [1.54, 1.807) is 0 Å². The Morgan fingerprint density at radius 2 is 2.31 bits per heavy atom. The molecule has 0 amide bonds. The van der Waals surface area contributed by atoms with Crippen LogP contribution in [0.3, 0.4) is 0 Å². The predicted molar refractivity (Wildman–Crippen MR) is 70.6 cm³/mol. The number of unbranched alkanes of at least 4 members (excludes halogenated alkanes) is 1. The molecule has 0 aromatic heterocycles. The van der Waals surface area contributed by atoms with E-state index in [2.05, 4.69) is 24.2 Å². The van der Waals surface area contributed by atoms with Crippen LogP contribution in [0.5, 0.6) is 0 Å². The first-order valence-electron chi connectivity index (χ1n) is 5.70. The second-order valence-corrected chi connectivity index (χ2v) is 4.20. The maximum Gasteiger partial charge on any atom is 0.0409 e. The number of benzene rings is 1. The van der Waals surface area contributed by atoms with Crippen molar-refractivity contribution in [2.45, 2.75) is 32.2 Å². The summed E-state index contributed by atoms with van der Waals surface area (Å²) in [6.45, 7) is 3.06. The number of nitrogens with one attached hydrogen (secondary N) is 1. The van der Waals surface area contributed by atoms with E-state index in [1.807, 2.05) is 18.2 Å². The molecule has 1 rings (SSSR count). The molecule has 0 bridgehead atoms. The Bertz CT molecular complexity index is 354. The van der Waals surface area contributed by atoms with Crippen molar-refractivity contribution in [3.05, 3.63) is 34.9 Å². The van der Waals surface area contributed by atoms with Crippen molar-refractivity contribution in [3.8, 4) is 12.3 Å². The average molecular weight is 236 g/mol. The Morgan fingerprint density at radius 1 is 1.50 bits per heavy atom. The van der Waals surface area contributed by atoms with Crippen LogP contribution >= 0.6 is 11.6 Å². The van der Waals surface area contributed by atoms with Gasteiger partial charge in [0.2, 0.25) is 0 Å². The normalized spacial score (nSPS) is 12.1. The summed E-state index contributed by atoms with van der Waals surface area (Å²) in [5.74, 6) is 2.67. The standard InChI is InChI=1S/C14H18ClN/c1-3-5-6-10-14(16-4-2)12-8-7-9-13(15)11-12/h1,7-9,11,14,16H,4-6,10H2,2H3. The molecule has 0 fully saturated rings. The van der Waals surface area contributed by atoms with Crippen molar-refractivity contribution < 1.29 is 0 Å². The number of hydrogen-bond acceptors (Lipinski definition) is 1. The van der Waals surface area contributed by atoms with Gasteiger partial charge in [-0.2, -0.15) is 0 Å². The van der Waals surface area contributed by atoms with Crippen molar-refractivity contribution in [2.75, 3.05) is 6.54 Å². The Morgan fingerprint density at radius 3 is 2.94 bits per heavy atom. The predicted octanol–water partition coefficient (Wildman–Crippen LogP) is 3.79. The third-order valence-electron chi connectivity index (χ3n) is 2.52. The highest BCUT2D eigenvalue weighted by Gasteiger charge is 2.09. The number of hydrogen-bond donors (Lipinski definition) is 1. The molecule has 0 heterocycles. The van der Waals surface area contributed by atoms with Gasteiger partial charge in [0, 0.05) is 17.5 Å². The molecule has 0 spiro atoms.